The third kappa shape index (κ3) is 4.64. The van der Waals surface area contributed by atoms with Crippen molar-refractivity contribution in [3.05, 3.63) is 126 Å². The van der Waals surface area contributed by atoms with E-state index in [-0.39, 0.29) is 0 Å². The van der Waals surface area contributed by atoms with Gasteiger partial charge in [-0.3, -0.25) is 15.0 Å². The molecule has 0 spiro atoms. The quantitative estimate of drug-likeness (QED) is 0.108. The highest BCUT2D eigenvalue weighted by molar-refractivity contribution is 6.16. The van der Waals surface area contributed by atoms with Crippen LogP contribution in [0.15, 0.2) is 109 Å². The summed E-state index contributed by atoms with van der Waals surface area (Å²) in [6, 6.07) is 31.0. The Hall–Kier alpha value is -4.89. The Morgan fingerprint density at radius 1 is 0.636 bits per heavy atom. The summed E-state index contributed by atoms with van der Waals surface area (Å²) in [5.41, 5.74) is 10.1. The second-order valence-corrected chi connectivity index (χ2v) is 11.6. The van der Waals surface area contributed by atoms with Crippen molar-refractivity contribution in [2.75, 3.05) is 0 Å². The minimum Gasteiger partial charge on any atom is -0.263 e. The van der Waals surface area contributed by atoms with Crippen molar-refractivity contribution >= 4 is 43.4 Å². The van der Waals surface area contributed by atoms with Gasteiger partial charge in [-0.2, -0.15) is 0 Å². The van der Waals surface area contributed by atoms with Crippen molar-refractivity contribution in [2.24, 2.45) is 0 Å². The summed E-state index contributed by atoms with van der Waals surface area (Å²) in [7, 11) is 0. The van der Waals surface area contributed by atoms with Crippen molar-refractivity contribution in [1.29, 1.82) is 0 Å². The molecular formula is C41H37N3. The van der Waals surface area contributed by atoms with Gasteiger partial charge in [-0.25, -0.2) is 0 Å². The van der Waals surface area contributed by atoms with Gasteiger partial charge in [0.1, 0.15) is 0 Å². The summed E-state index contributed by atoms with van der Waals surface area (Å²) in [4.78, 5) is 15.0. The number of allylic oxidation sites excluding steroid dienone is 2. The monoisotopic (exact) mass is 571 g/mol. The van der Waals surface area contributed by atoms with Gasteiger partial charge in [0.15, 0.2) is 0 Å². The van der Waals surface area contributed by atoms with Crippen LogP contribution in [-0.2, 0) is 12.8 Å². The molecule has 0 saturated heterocycles. The molecule has 216 valence electrons. The Labute approximate surface area is 259 Å². The number of pyridine rings is 3. The van der Waals surface area contributed by atoms with Crippen LogP contribution in [0.2, 0.25) is 0 Å². The number of aromatic nitrogens is 3. The molecule has 0 bridgehead atoms. The fourth-order valence-electron chi connectivity index (χ4n) is 6.85. The van der Waals surface area contributed by atoms with E-state index < -0.39 is 0 Å². The zero-order chi connectivity index (χ0) is 30.2. The second-order valence-electron chi connectivity index (χ2n) is 11.6. The molecule has 0 aliphatic rings. The highest BCUT2D eigenvalue weighted by Crippen LogP contribution is 2.44. The molecule has 1 unspecified atom stereocenters. The van der Waals surface area contributed by atoms with Crippen LogP contribution in [-0.4, -0.2) is 15.0 Å². The lowest BCUT2D eigenvalue weighted by Gasteiger charge is -2.21. The maximum Gasteiger partial charge on any atom is 0.0974 e. The molecule has 3 heterocycles. The third-order valence-corrected chi connectivity index (χ3v) is 9.02. The van der Waals surface area contributed by atoms with Gasteiger partial charge in [-0.15, -0.1) is 0 Å². The van der Waals surface area contributed by atoms with E-state index in [9.17, 15) is 0 Å². The van der Waals surface area contributed by atoms with Gasteiger partial charge in [0.25, 0.3) is 0 Å². The molecule has 0 fully saturated rings. The first kappa shape index (κ1) is 27.9. The number of benzene rings is 4. The van der Waals surface area contributed by atoms with Crippen molar-refractivity contribution in [1.82, 2.24) is 15.0 Å². The lowest BCUT2D eigenvalue weighted by molar-refractivity contribution is 0.817. The van der Waals surface area contributed by atoms with E-state index in [1.807, 2.05) is 12.4 Å². The van der Waals surface area contributed by atoms with E-state index in [4.69, 9.17) is 15.0 Å². The molecule has 0 saturated carbocycles. The topological polar surface area (TPSA) is 38.7 Å². The van der Waals surface area contributed by atoms with Gasteiger partial charge in [-0.1, -0.05) is 99.7 Å². The molecule has 1 atom stereocenters. The molecular weight excluding hydrogens is 534 g/mol. The Kier molecular flexibility index (Phi) is 7.39. The molecule has 3 nitrogen and oxygen atoms in total. The molecule has 0 aliphatic carbocycles. The van der Waals surface area contributed by atoms with E-state index in [0.29, 0.717) is 5.92 Å². The van der Waals surface area contributed by atoms with Crippen LogP contribution >= 0.6 is 0 Å². The van der Waals surface area contributed by atoms with Crippen LogP contribution < -0.4 is 0 Å². The molecule has 0 amide bonds. The molecule has 0 N–H and O–H groups in total. The van der Waals surface area contributed by atoms with Crippen LogP contribution in [0.3, 0.4) is 0 Å². The van der Waals surface area contributed by atoms with Crippen molar-refractivity contribution in [3.63, 3.8) is 0 Å². The van der Waals surface area contributed by atoms with Gasteiger partial charge in [-0.05, 0) is 82.6 Å². The van der Waals surface area contributed by atoms with Gasteiger partial charge in [0, 0.05) is 51.6 Å². The summed E-state index contributed by atoms with van der Waals surface area (Å²) >= 11 is 0. The summed E-state index contributed by atoms with van der Waals surface area (Å²) in [6.45, 7) is 8.71. The smallest absolute Gasteiger partial charge is 0.0974 e. The Morgan fingerprint density at radius 3 is 1.93 bits per heavy atom. The van der Waals surface area contributed by atoms with E-state index >= 15 is 0 Å². The zero-order valence-electron chi connectivity index (χ0n) is 25.9. The number of hydrogen-bond donors (Lipinski definition) is 0. The lowest BCUT2D eigenvalue weighted by Crippen LogP contribution is -1.99. The highest BCUT2D eigenvalue weighted by atomic mass is 14.8. The van der Waals surface area contributed by atoms with E-state index in [1.165, 1.54) is 32.7 Å². The van der Waals surface area contributed by atoms with E-state index in [2.05, 4.69) is 125 Å². The largest absolute Gasteiger partial charge is 0.263 e. The summed E-state index contributed by atoms with van der Waals surface area (Å²) < 4.78 is 0. The zero-order valence-corrected chi connectivity index (χ0v) is 25.9. The minimum atomic E-state index is 0.348. The predicted octanol–water partition coefficient (Wildman–Crippen LogP) is 11.0. The van der Waals surface area contributed by atoms with Crippen LogP contribution in [0.4, 0.5) is 0 Å². The van der Waals surface area contributed by atoms with Crippen LogP contribution in [0.25, 0.3) is 65.6 Å². The SMILES string of the molecule is C/C=C\C(CC)c1c2ccccc2c(-c2cncc(-c3cc(CC)nc4c3ccc3ccc(CC)nc34)c2)c2ccccc12. The van der Waals surface area contributed by atoms with Crippen LogP contribution in [0, 0.1) is 0 Å². The second kappa shape index (κ2) is 11.7. The molecule has 0 aliphatic heterocycles. The molecule has 44 heavy (non-hydrogen) atoms. The Morgan fingerprint density at radius 2 is 1.27 bits per heavy atom. The van der Waals surface area contributed by atoms with Crippen molar-refractivity contribution < 1.29 is 0 Å². The minimum absolute atomic E-state index is 0.348. The first-order chi connectivity index (χ1) is 21.6. The molecule has 0 radical (unpaired) electrons. The molecule has 7 aromatic rings. The first-order valence-electron chi connectivity index (χ1n) is 15.9. The number of hydrogen-bond acceptors (Lipinski definition) is 3. The van der Waals surface area contributed by atoms with Gasteiger partial charge in [0.05, 0.1) is 11.0 Å². The van der Waals surface area contributed by atoms with Crippen molar-refractivity contribution in [3.8, 4) is 22.3 Å². The van der Waals surface area contributed by atoms with Gasteiger partial charge in [0.2, 0.25) is 0 Å². The number of fused-ring (bicyclic) bond motifs is 5. The average Bonchev–Trinajstić information content (AvgIpc) is 3.08. The average molecular weight is 572 g/mol. The molecule has 3 heteroatoms. The lowest BCUT2D eigenvalue weighted by atomic mass is 9.82. The van der Waals surface area contributed by atoms with E-state index in [1.54, 1.807) is 0 Å². The first-order valence-corrected chi connectivity index (χ1v) is 15.9. The Balaban J connectivity index is 1.51. The summed E-state index contributed by atoms with van der Waals surface area (Å²) in [5.74, 6) is 0.348. The fourth-order valence-corrected chi connectivity index (χ4v) is 6.85. The number of aryl methyl sites for hydroxylation is 2. The number of nitrogens with zero attached hydrogens (tertiary/aromatic N) is 3. The maximum atomic E-state index is 5.11. The maximum absolute atomic E-state index is 5.11. The molecule has 3 aromatic heterocycles. The normalized spacial score (nSPS) is 12.6. The third-order valence-electron chi connectivity index (χ3n) is 9.02. The molecule has 7 rings (SSSR count). The highest BCUT2D eigenvalue weighted by Gasteiger charge is 2.20. The number of rotatable bonds is 7. The summed E-state index contributed by atoms with van der Waals surface area (Å²) in [6.07, 6.45) is 11.3. The predicted molar refractivity (Wildman–Crippen MR) is 187 cm³/mol. The van der Waals surface area contributed by atoms with Crippen molar-refractivity contribution in [2.45, 2.75) is 52.9 Å². The molecule has 4 aromatic carbocycles. The van der Waals surface area contributed by atoms with Gasteiger partial charge < -0.3 is 0 Å². The Bertz CT molecular complexity index is 2150. The summed E-state index contributed by atoms with van der Waals surface area (Å²) in [5, 5.41) is 7.37. The fraction of sp³-hybridized carbons (Fsp3) is 0.195. The van der Waals surface area contributed by atoms with Crippen LogP contribution in [0.5, 0.6) is 0 Å². The van der Waals surface area contributed by atoms with Crippen LogP contribution in [0.1, 0.15) is 57.0 Å². The van der Waals surface area contributed by atoms with Gasteiger partial charge >= 0.3 is 0 Å². The van der Waals surface area contributed by atoms with E-state index in [0.717, 1.165) is 69.1 Å². The standard InChI is InChI=1S/C41H37N3/c1-5-13-26(6-2)38-32-14-9-11-16-34(32)39(35-17-12-10-15-33(35)38)29-22-28(24-42-25-29)37-23-31(8-4)44-41-36(37)21-19-27-18-20-30(7-3)43-40(27)41/h5,9-26H,6-8H2,1-4H3/b13-5-.